The lowest BCUT2D eigenvalue weighted by molar-refractivity contribution is 0.102. The predicted molar refractivity (Wildman–Crippen MR) is 72.0 cm³/mol. The molecular formula is C12H12BrN3O2. The molecule has 1 heterocycles. The third-order valence-electron chi connectivity index (χ3n) is 2.37. The van der Waals surface area contributed by atoms with E-state index in [1.807, 2.05) is 6.92 Å². The lowest BCUT2D eigenvalue weighted by atomic mass is 10.2. The van der Waals surface area contributed by atoms with Crippen LogP contribution in [0.2, 0.25) is 0 Å². The summed E-state index contributed by atoms with van der Waals surface area (Å²) in [7, 11) is 1.56. The van der Waals surface area contributed by atoms with Gasteiger partial charge in [0.25, 0.3) is 5.91 Å². The van der Waals surface area contributed by atoms with Gasteiger partial charge in [-0.2, -0.15) is 5.10 Å². The first kappa shape index (κ1) is 12.6. The van der Waals surface area contributed by atoms with Crippen molar-refractivity contribution in [1.82, 2.24) is 10.2 Å². The molecule has 0 aliphatic carbocycles. The Bertz CT molecular complexity index is 580. The third-order valence-corrected chi connectivity index (χ3v) is 3.06. The lowest BCUT2D eigenvalue weighted by Gasteiger charge is -2.06. The van der Waals surface area contributed by atoms with Crippen LogP contribution in [0.15, 0.2) is 28.7 Å². The highest BCUT2D eigenvalue weighted by molar-refractivity contribution is 9.10. The van der Waals surface area contributed by atoms with Crippen molar-refractivity contribution in [2.24, 2.45) is 0 Å². The second kappa shape index (κ2) is 5.22. The summed E-state index contributed by atoms with van der Waals surface area (Å²) in [6, 6.07) is 6.97. The molecule has 0 aliphatic heterocycles. The first-order valence-corrected chi connectivity index (χ1v) is 6.06. The normalized spacial score (nSPS) is 10.2. The maximum absolute atomic E-state index is 12.1. The topological polar surface area (TPSA) is 67.0 Å². The van der Waals surface area contributed by atoms with E-state index in [1.165, 1.54) is 0 Å². The van der Waals surface area contributed by atoms with Gasteiger partial charge in [0.05, 0.1) is 12.7 Å². The largest absolute Gasteiger partial charge is 0.497 e. The number of carbonyl (C=O) groups is 1. The predicted octanol–water partition coefficient (Wildman–Crippen LogP) is 2.74. The maximum atomic E-state index is 12.1. The molecule has 0 saturated carbocycles. The summed E-state index contributed by atoms with van der Waals surface area (Å²) in [5.74, 6) is 0.876. The van der Waals surface area contributed by atoms with Crippen LogP contribution in [0, 0.1) is 6.92 Å². The summed E-state index contributed by atoms with van der Waals surface area (Å²) in [6.07, 6.45) is 0. The molecule has 18 heavy (non-hydrogen) atoms. The molecule has 0 unspecified atom stereocenters. The molecule has 1 aromatic heterocycles. The fourth-order valence-corrected chi connectivity index (χ4v) is 1.90. The number of nitrogens with zero attached hydrogens (tertiary/aromatic N) is 1. The van der Waals surface area contributed by atoms with Crippen molar-refractivity contribution in [3.63, 3.8) is 0 Å². The van der Waals surface area contributed by atoms with Gasteiger partial charge in [0.2, 0.25) is 0 Å². The van der Waals surface area contributed by atoms with Gasteiger partial charge in [-0.25, -0.2) is 0 Å². The minimum absolute atomic E-state index is 0.243. The van der Waals surface area contributed by atoms with Gasteiger partial charge in [0, 0.05) is 16.2 Å². The van der Waals surface area contributed by atoms with Crippen molar-refractivity contribution < 1.29 is 9.53 Å². The summed E-state index contributed by atoms with van der Waals surface area (Å²) in [5, 5.41) is 9.42. The Kier molecular flexibility index (Phi) is 3.66. The Balaban J connectivity index is 2.23. The number of benzene rings is 1. The van der Waals surface area contributed by atoms with Crippen LogP contribution in [-0.4, -0.2) is 23.2 Å². The monoisotopic (exact) mass is 309 g/mol. The molecule has 2 rings (SSSR count). The molecule has 0 atom stereocenters. The van der Waals surface area contributed by atoms with Crippen LogP contribution in [0.25, 0.3) is 0 Å². The summed E-state index contributed by atoms with van der Waals surface area (Å²) in [4.78, 5) is 12.1. The Labute approximate surface area is 113 Å². The van der Waals surface area contributed by atoms with Crippen molar-refractivity contribution in [2.75, 3.05) is 12.4 Å². The number of amides is 1. The first-order chi connectivity index (χ1) is 8.60. The van der Waals surface area contributed by atoms with Crippen LogP contribution in [-0.2, 0) is 0 Å². The van der Waals surface area contributed by atoms with Crippen molar-refractivity contribution >= 4 is 27.7 Å². The molecule has 0 bridgehead atoms. The number of hydrogen-bond acceptors (Lipinski definition) is 3. The molecule has 2 aromatic rings. The first-order valence-electron chi connectivity index (χ1n) is 5.27. The Morgan fingerprint density at radius 2 is 2.22 bits per heavy atom. The molecular weight excluding hydrogens is 298 g/mol. The van der Waals surface area contributed by atoms with Crippen molar-refractivity contribution in [1.29, 1.82) is 0 Å². The van der Waals surface area contributed by atoms with Crippen LogP contribution >= 0.6 is 15.9 Å². The van der Waals surface area contributed by atoms with E-state index >= 15 is 0 Å². The number of aryl methyl sites for hydroxylation is 1. The van der Waals surface area contributed by atoms with Gasteiger partial charge in [-0.3, -0.25) is 9.89 Å². The molecule has 0 fully saturated rings. The Hall–Kier alpha value is -1.82. The van der Waals surface area contributed by atoms with E-state index in [0.717, 1.165) is 5.69 Å². The van der Waals surface area contributed by atoms with Gasteiger partial charge >= 0.3 is 0 Å². The molecule has 2 N–H and O–H groups in total. The van der Waals surface area contributed by atoms with Gasteiger partial charge in [0.15, 0.2) is 5.82 Å². The van der Waals surface area contributed by atoms with Crippen LogP contribution in [0.1, 0.15) is 16.1 Å². The van der Waals surface area contributed by atoms with E-state index in [-0.39, 0.29) is 5.91 Å². The van der Waals surface area contributed by atoms with Crippen LogP contribution < -0.4 is 10.1 Å². The van der Waals surface area contributed by atoms with Gasteiger partial charge < -0.3 is 10.1 Å². The van der Waals surface area contributed by atoms with Crippen molar-refractivity contribution in [2.45, 2.75) is 6.92 Å². The summed E-state index contributed by atoms with van der Waals surface area (Å²) < 4.78 is 5.79. The van der Waals surface area contributed by atoms with E-state index in [2.05, 4.69) is 31.4 Å². The molecule has 0 aliphatic rings. The average molecular weight is 310 g/mol. The van der Waals surface area contributed by atoms with Crippen LogP contribution in [0.5, 0.6) is 5.75 Å². The summed E-state index contributed by atoms with van der Waals surface area (Å²) in [6.45, 7) is 1.87. The van der Waals surface area contributed by atoms with E-state index in [4.69, 9.17) is 4.74 Å². The number of halogens is 1. The fraction of sp³-hybridized carbons (Fsp3) is 0.167. The lowest BCUT2D eigenvalue weighted by Crippen LogP contribution is -2.13. The van der Waals surface area contributed by atoms with Crippen LogP contribution in [0.3, 0.4) is 0 Å². The highest BCUT2D eigenvalue weighted by atomic mass is 79.9. The number of anilines is 1. The molecule has 0 spiro atoms. The minimum atomic E-state index is -0.243. The van der Waals surface area contributed by atoms with Crippen LogP contribution in [0.4, 0.5) is 5.82 Å². The minimum Gasteiger partial charge on any atom is -0.497 e. The number of aromatic amines is 1. The summed E-state index contributed by atoms with van der Waals surface area (Å²) in [5.41, 5.74) is 1.38. The number of hydrogen-bond donors (Lipinski definition) is 2. The van der Waals surface area contributed by atoms with Crippen molar-refractivity contribution in [3.8, 4) is 5.75 Å². The number of carbonyl (C=O) groups excluding carboxylic acids is 1. The molecule has 6 heteroatoms. The molecule has 94 valence electrons. The Morgan fingerprint density at radius 1 is 1.44 bits per heavy atom. The van der Waals surface area contributed by atoms with E-state index in [9.17, 15) is 4.79 Å². The average Bonchev–Trinajstić information content (AvgIpc) is 2.75. The summed E-state index contributed by atoms with van der Waals surface area (Å²) >= 11 is 3.33. The maximum Gasteiger partial charge on any atom is 0.258 e. The zero-order valence-corrected chi connectivity index (χ0v) is 11.5. The fourth-order valence-electron chi connectivity index (χ4n) is 1.47. The Morgan fingerprint density at radius 3 is 2.83 bits per heavy atom. The number of H-pyrrole nitrogens is 1. The third kappa shape index (κ3) is 2.70. The smallest absolute Gasteiger partial charge is 0.258 e. The second-order valence-electron chi connectivity index (χ2n) is 3.74. The van der Waals surface area contributed by atoms with Gasteiger partial charge in [0.1, 0.15) is 5.75 Å². The highest BCUT2D eigenvalue weighted by Crippen LogP contribution is 2.23. The van der Waals surface area contributed by atoms with Gasteiger partial charge in [-0.15, -0.1) is 0 Å². The molecule has 1 amide bonds. The molecule has 0 radical (unpaired) electrons. The highest BCUT2D eigenvalue weighted by Gasteiger charge is 2.12. The van der Waals surface area contributed by atoms with Gasteiger partial charge in [-0.1, -0.05) is 0 Å². The molecule has 5 nitrogen and oxygen atoms in total. The molecule has 0 saturated heterocycles. The quantitative estimate of drug-likeness (QED) is 0.916. The van der Waals surface area contributed by atoms with E-state index < -0.39 is 0 Å². The number of nitrogens with one attached hydrogen (secondary N) is 2. The standard InChI is InChI=1S/C12H12BrN3O2/c1-7-5-11(16-15-7)14-12(17)9-6-8(18-2)3-4-10(9)13/h3-6H,1-2H3,(H2,14,15,16,17). The zero-order chi connectivity index (χ0) is 13.1. The molecule has 1 aromatic carbocycles. The van der Waals surface area contributed by atoms with E-state index in [0.29, 0.717) is 21.6 Å². The SMILES string of the molecule is COc1ccc(Br)c(C(=O)Nc2cc(C)[nH]n2)c1. The van der Waals surface area contributed by atoms with Gasteiger partial charge in [-0.05, 0) is 41.1 Å². The van der Waals surface area contributed by atoms with E-state index in [1.54, 1.807) is 31.4 Å². The van der Waals surface area contributed by atoms with Crippen molar-refractivity contribution in [3.05, 3.63) is 40.0 Å². The second-order valence-corrected chi connectivity index (χ2v) is 4.59. The number of aromatic nitrogens is 2. The number of methoxy groups -OCH3 is 1. The number of rotatable bonds is 3. The number of ether oxygens (including phenoxy) is 1. The zero-order valence-electron chi connectivity index (χ0n) is 9.95.